The summed E-state index contributed by atoms with van der Waals surface area (Å²) in [4.78, 5) is 13.4. The van der Waals surface area contributed by atoms with Gasteiger partial charge in [0.1, 0.15) is 18.7 Å². The van der Waals surface area contributed by atoms with Crippen LogP contribution in [0.5, 0.6) is 0 Å². The molecule has 4 rings (SSSR count). The van der Waals surface area contributed by atoms with Gasteiger partial charge in [-0.3, -0.25) is 8.97 Å². The van der Waals surface area contributed by atoms with Gasteiger partial charge in [-0.15, -0.1) is 0 Å². The fourth-order valence-electron chi connectivity index (χ4n) is 3.67. The second kappa shape index (κ2) is 7.51. The normalized spacial score (nSPS) is 24.2. The van der Waals surface area contributed by atoms with Crippen molar-refractivity contribution in [3.63, 3.8) is 0 Å². The smallest absolute Gasteiger partial charge is 0.168 e. The van der Waals surface area contributed by atoms with Crippen LogP contribution in [0, 0.1) is 0 Å². The Kier molecular flexibility index (Phi) is 5.09. The van der Waals surface area contributed by atoms with E-state index in [1.54, 1.807) is 27.8 Å². The molecule has 0 amide bonds. The summed E-state index contributed by atoms with van der Waals surface area (Å²) >= 11 is 0. The first-order valence-corrected chi connectivity index (χ1v) is 9.45. The number of fused-ring (bicyclic) bond motifs is 3. The number of unbranched alkanes of at least 4 members (excludes halogenated alkanes) is 2. The van der Waals surface area contributed by atoms with E-state index in [1.807, 2.05) is 0 Å². The molecule has 1 aliphatic rings. The fourth-order valence-corrected chi connectivity index (χ4v) is 3.67. The van der Waals surface area contributed by atoms with E-state index < -0.39 is 24.5 Å². The van der Waals surface area contributed by atoms with Gasteiger partial charge >= 0.3 is 0 Å². The van der Waals surface area contributed by atoms with E-state index in [0.29, 0.717) is 35.3 Å². The Hall–Kier alpha value is -2.07. The number of hydrogen-bond acceptors (Lipinski definition) is 7. The van der Waals surface area contributed by atoms with Gasteiger partial charge in [0.2, 0.25) is 0 Å². The maximum atomic E-state index is 10.5. The van der Waals surface area contributed by atoms with Crippen molar-refractivity contribution in [2.24, 2.45) is 0 Å². The first-order valence-electron chi connectivity index (χ1n) is 9.45. The summed E-state index contributed by atoms with van der Waals surface area (Å²) in [6.45, 7) is 1.90. The molecule has 4 heterocycles. The van der Waals surface area contributed by atoms with Crippen molar-refractivity contribution >= 4 is 16.8 Å². The topological polar surface area (TPSA) is 118 Å². The minimum atomic E-state index is -0.725. The third kappa shape index (κ3) is 3.20. The largest absolute Gasteiger partial charge is 0.394 e. The summed E-state index contributed by atoms with van der Waals surface area (Å²) in [6.07, 6.45) is 6.76. The zero-order valence-electron chi connectivity index (χ0n) is 15.3. The SMILES string of the molecule is CCCCCC(O)c1cnc2c3ncn([C@H]4C[C@H](O)[C@@H](CO)O4)c3ncn12. The van der Waals surface area contributed by atoms with Gasteiger partial charge in [0.05, 0.1) is 37.0 Å². The molecular formula is C18H25N5O4. The van der Waals surface area contributed by atoms with Gasteiger partial charge in [-0.05, 0) is 6.42 Å². The molecule has 27 heavy (non-hydrogen) atoms. The second-order valence-electron chi connectivity index (χ2n) is 7.07. The summed E-state index contributed by atoms with van der Waals surface area (Å²) < 4.78 is 9.23. The number of ether oxygens (including phenoxy) is 1. The van der Waals surface area contributed by atoms with Crippen molar-refractivity contribution in [3.8, 4) is 0 Å². The molecule has 0 bridgehead atoms. The molecular weight excluding hydrogens is 350 g/mol. The van der Waals surface area contributed by atoms with Crippen LogP contribution < -0.4 is 0 Å². The number of aliphatic hydroxyl groups is 3. The molecule has 1 aliphatic heterocycles. The lowest BCUT2D eigenvalue weighted by Gasteiger charge is -2.13. The predicted octanol–water partition coefficient (Wildman–Crippen LogP) is 1.33. The van der Waals surface area contributed by atoms with E-state index >= 15 is 0 Å². The van der Waals surface area contributed by atoms with Crippen LogP contribution in [0.25, 0.3) is 16.8 Å². The summed E-state index contributed by atoms with van der Waals surface area (Å²) in [7, 11) is 0. The number of nitrogens with zero attached hydrogens (tertiary/aromatic N) is 5. The number of aliphatic hydroxyl groups excluding tert-OH is 3. The molecule has 1 saturated heterocycles. The third-order valence-corrected chi connectivity index (χ3v) is 5.22. The average molecular weight is 375 g/mol. The molecule has 3 N–H and O–H groups in total. The lowest BCUT2D eigenvalue weighted by atomic mass is 10.1. The number of aromatic nitrogens is 5. The van der Waals surface area contributed by atoms with Crippen LogP contribution in [-0.4, -0.2) is 58.1 Å². The van der Waals surface area contributed by atoms with E-state index in [4.69, 9.17) is 4.74 Å². The highest BCUT2D eigenvalue weighted by molar-refractivity contribution is 5.85. The van der Waals surface area contributed by atoms with Crippen LogP contribution in [0.1, 0.15) is 57.1 Å². The van der Waals surface area contributed by atoms with E-state index in [1.165, 1.54) is 0 Å². The molecule has 4 atom stereocenters. The van der Waals surface area contributed by atoms with Crippen LogP contribution in [0.15, 0.2) is 18.9 Å². The molecule has 0 radical (unpaired) electrons. The maximum absolute atomic E-state index is 10.5. The van der Waals surface area contributed by atoms with E-state index in [0.717, 1.165) is 19.3 Å². The highest BCUT2D eigenvalue weighted by atomic mass is 16.5. The minimum Gasteiger partial charge on any atom is -0.394 e. The highest BCUT2D eigenvalue weighted by Gasteiger charge is 2.35. The molecule has 1 fully saturated rings. The number of rotatable bonds is 7. The summed E-state index contributed by atoms with van der Waals surface area (Å²) in [6, 6.07) is 0. The fraction of sp³-hybridized carbons (Fsp3) is 0.611. The summed E-state index contributed by atoms with van der Waals surface area (Å²) in [5, 5.41) is 29.7. The van der Waals surface area contributed by atoms with Crippen molar-refractivity contribution in [1.29, 1.82) is 0 Å². The zero-order chi connectivity index (χ0) is 19.0. The monoisotopic (exact) mass is 375 g/mol. The van der Waals surface area contributed by atoms with Crippen LogP contribution in [-0.2, 0) is 4.74 Å². The summed E-state index contributed by atoms with van der Waals surface area (Å²) in [5.74, 6) is 0. The Morgan fingerprint density at radius 3 is 2.81 bits per heavy atom. The molecule has 9 nitrogen and oxygen atoms in total. The van der Waals surface area contributed by atoms with Crippen LogP contribution >= 0.6 is 0 Å². The lowest BCUT2D eigenvalue weighted by Crippen LogP contribution is -2.24. The molecule has 0 saturated carbocycles. The predicted molar refractivity (Wildman–Crippen MR) is 97.0 cm³/mol. The minimum absolute atomic E-state index is 0.235. The van der Waals surface area contributed by atoms with Crippen LogP contribution in [0.3, 0.4) is 0 Å². The Morgan fingerprint density at radius 2 is 2.07 bits per heavy atom. The Bertz CT molecular complexity index is 923. The molecule has 3 aromatic heterocycles. The van der Waals surface area contributed by atoms with Crippen LogP contribution in [0.2, 0.25) is 0 Å². The third-order valence-electron chi connectivity index (χ3n) is 5.22. The number of hydrogen-bond donors (Lipinski definition) is 3. The van der Waals surface area contributed by atoms with Gasteiger partial charge in [0.15, 0.2) is 16.8 Å². The first kappa shape index (κ1) is 18.3. The van der Waals surface area contributed by atoms with Crippen molar-refractivity contribution < 1.29 is 20.1 Å². The Balaban J connectivity index is 1.65. The Morgan fingerprint density at radius 1 is 1.22 bits per heavy atom. The zero-order valence-corrected chi connectivity index (χ0v) is 15.3. The van der Waals surface area contributed by atoms with Crippen molar-refractivity contribution in [2.45, 2.75) is 63.6 Å². The van der Waals surface area contributed by atoms with Gasteiger partial charge in [0, 0.05) is 6.42 Å². The first-order chi connectivity index (χ1) is 13.1. The molecule has 9 heteroatoms. The van der Waals surface area contributed by atoms with Gasteiger partial charge in [-0.1, -0.05) is 26.2 Å². The highest BCUT2D eigenvalue weighted by Crippen LogP contribution is 2.31. The van der Waals surface area contributed by atoms with Gasteiger partial charge in [-0.2, -0.15) is 0 Å². The van der Waals surface area contributed by atoms with Crippen molar-refractivity contribution in [3.05, 3.63) is 24.5 Å². The molecule has 0 aliphatic carbocycles. The summed E-state index contributed by atoms with van der Waals surface area (Å²) in [5.41, 5.74) is 2.53. The standard InChI is InChI=1S/C18H25N5O4/c1-2-3-4-5-12(25)11-7-19-17-16-18(21-10-22(11)17)23(9-20-16)15-6-13(26)14(8-24)27-15/h7,9-10,12-15,24-26H,2-6,8H2,1H3/t12?,13-,14+,15+/m0/s1. The van der Waals surface area contributed by atoms with Crippen molar-refractivity contribution in [2.75, 3.05) is 6.61 Å². The molecule has 1 unspecified atom stereocenters. The van der Waals surface area contributed by atoms with E-state index in [-0.39, 0.29) is 6.61 Å². The molecule has 146 valence electrons. The maximum Gasteiger partial charge on any atom is 0.168 e. The quantitative estimate of drug-likeness (QED) is 0.533. The Labute approximate surface area is 156 Å². The molecule has 0 aromatic carbocycles. The molecule has 3 aromatic rings. The lowest BCUT2D eigenvalue weighted by molar-refractivity contribution is -0.0432. The van der Waals surface area contributed by atoms with Crippen LogP contribution in [0.4, 0.5) is 0 Å². The van der Waals surface area contributed by atoms with E-state index in [2.05, 4.69) is 21.9 Å². The average Bonchev–Trinajstić information content (AvgIpc) is 3.36. The van der Waals surface area contributed by atoms with Gasteiger partial charge in [0.25, 0.3) is 0 Å². The van der Waals surface area contributed by atoms with Gasteiger partial charge < -0.3 is 20.1 Å². The van der Waals surface area contributed by atoms with E-state index in [9.17, 15) is 15.3 Å². The molecule has 0 spiro atoms. The second-order valence-corrected chi connectivity index (χ2v) is 7.07. The van der Waals surface area contributed by atoms with Crippen molar-refractivity contribution in [1.82, 2.24) is 23.9 Å². The van der Waals surface area contributed by atoms with Gasteiger partial charge in [-0.25, -0.2) is 15.0 Å². The number of imidazole rings is 2.